The molecule has 0 spiro atoms. The van der Waals surface area contributed by atoms with E-state index in [4.69, 9.17) is 0 Å². The highest BCUT2D eigenvalue weighted by molar-refractivity contribution is 7.92. The third-order valence-electron chi connectivity index (χ3n) is 4.88. The molecule has 3 rings (SSSR count). The molecule has 0 aliphatic heterocycles. The van der Waals surface area contributed by atoms with Crippen molar-refractivity contribution in [3.63, 3.8) is 0 Å². The van der Waals surface area contributed by atoms with Gasteiger partial charge < -0.3 is 5.32 Å². The van der Waals surface area contributed by atoms with Gasteiger partial charge in [0.2, 0.25) is 15.9 Å². The van der Waals surface area contributed by atoms with E-state index in [1.165, 1.54) is 30.3 Å². The van der Waals surface area contributed by atoms with Crippen molar-refractivity contribution in [2.45, 2.75) is 19.1 Å². The number of anilines is 1. The van der Waals surface area contributed by atoms with E-state index in [9.17, 15) is 35.2 Å². The monoisotopic (exact) mass is 525 g/mol. The van der Waals surface area contributed by atoms with E-state index in [2.05, 4.69) is 10.3 Å². The summed E-state index contributed by atoms with van der Waals surface area (Å²) in [6.07, 6.45) is -1.56. The lowest BCUT2D eigenvalue weighted by molar-refractivity contribution is -0.141. The highest BCUT2D eigenvalue weighted by Crippen LogP contribution is 2.32. The number of benzene rings is 2. The largest absolute Gasteiger partial charge is 0.433 e. The summed E-state index contributed by atoms with van der Waals surface area (Å²) in [6.45, 7) is 1.56. The molecule has 3 aromatic rings. The van der Waals surface area contributed by atoms with Crippen LogP contribution >= 0.6 is 0 Å². The Morgan fingerprint density at radius 3 is 2.39 bits per heavy atom. The average Bonchev–Trinajstić information content (AvgIpc) is 2.77. The summed E-state index contributed by atoms with van der Waals surface area (Å²) in [5.41, 5.74) is -1.03. The number of rotatable bonds is 7. The second-order valence-electron chi connectivity index (χ2n) is 7.82. The van der Waals surface area contributed by atoms with Crippen molar-refractivity contribution < 1.29 is 35.2 Å². The maximum absolute atomic E-state index is 14.2. The SMILES string of the molecule is C[C@@H](NC(=O)C=Cc1ccc(C(F)(F)F)nc1-c1cccc(F)c1)c1ccc(NS(C)(=O)=O)c(F)c1. The van der Waals surface area contributed by atoms with Gasteiger partial charge in [-0.3, -0.25) is 9.52 Å². The fourth-order valence-corrected chi connectivity index (χ4v) is 3.79. The van der Waals surface area contributed by atoms with Crippen LogP contribution in [0.2, 0.25) is 0 Å². The molecule has 0 aliphatic carbocycles. The Morgan fingerprint density at radius 2 is 1.78 bits per heavy atom. The molecule has 1 atom stereocenters. The van der Waals surface area contributed by atoms with E-state index in [1.807, 2.05) is 4.72 Å². The van der Waals surface area contributed by atoms with Crippen molar-refractivity contribution in [1.29, 1.82) is 0 Å². The summed E-state index contributed by atoms with van der Waals surface area (Å²) < 4.78 is 92.0. The number of sulfonamides is 1. The Bertz CT molecular complexity index is 1420. The molecule has 2 N–H and O–H groups in total. The van der Waals surface area contributed by atoms with Gasteiger partial charge in [-0.15, -0.1) is 0 Å². The number of amides is 1. The first-order chi connectivity index (χ1) is 16.7. The molecule has 6 nitrogen and oxygen atoms in total. The van der Waals surface area contributed by atoms with Crippen LogP contribution in [0, 0.1) is 11.6 Å². The summed E-state index contributed by atoms with van der Waals surface area (Å²) in [4.78, 5) is 16.0. The van der Waals surface area contributed by atoms with Crippen LogP contribution in [-0.4, -0.2) is 25.6 Å². The number of nitrogens with one attached hydrogen (secondary N) is 2. The molecule has 190 valence electrons. The summed E-state index contributed by atoms with van der Waals surface area (Å²) >= 11 is 0. The van der Waals surface area contributed by atoms with Crippen molar-refractivity contribution in [3.05, 3.63) is 89.1 Å². The Morgan fingerprint density at radius 1 is 1.06 bits per heavy atom. The number of carbonyl (C=O) groups is 1. The summed E-state index contributed by atoms with van der Waals surface area (Å²) in [6, 6.07) is 9.74. The van der Waals surface area contributed by atoms with Crippen LogP contribution in [0.1, 0.15) is 29.8 Å². The van der Waals surface area contributed by atoms with Gasteiger partial charge in [-0.2, -0.15) is 13.2 Å². The minimum atomic E-state index is -4.72. The van der Waals surface area contributed by atoms with Crippen molar-refractivity contribution in [1.82, 2.24) is 10.3 Å². The molecule has 0 aliphatic rings. The van der Waals surface area contributed by atoms with Gasteiger partial charge in [-0.05, 0) is 48.9 Å². The first kappa shape index (κ1) is 26.8. The van der Waals surface area contributed by atoms with Crippen LogP contribution in [-0.2, 0) is 21.0 Å². The molecular weight excluding hydrogens is 505 g/mol. The smallest absolute Gasteiger partial charge is 0.346 e. The Kier molecular flexibility index (Phi) is 7.77. The van der Waals surface area contributed by atoms with E-state index in [1.54, 1.807) is 6.92 Å². The van der Waals surface area contributed by atoms with Gasteiger partial charge in [0.1, 0.15) is 17.3 Å². The maximum atomic E-state index is 14.2. The number of pyridine rings is 1. The lowest BCUT2D eigenvalue weighted by Gasteiger charge is -2.15. The highest BCUT2D eigenvalue weighted by atomic mass is 32.2. The van der Waals surface area contributed by atoms with Gasteiger partial charge >= 0.3 is 6.18 Å². The second kappa shape index (κ2) is 10.4. The molecule has 0 fully saturated rings. The number of hydrogen-bond donors (Lipinski definition) is 2. The molecule has 1 aromatic heterocycles. The second-order valence-corrected chi connectivity index (χ2v) is 9.57. The van der Waals surface area contributed by atoms with Gasteiger partial charge in [0.05, 0.1) is 23.7 Å². The fourth-order valence-electron chi connectivity index (χ4n) is 3.22. The van der Waals surface area contributed by atoms with Crippen LogP contribution < -0.4 is 10.0 Å². The van der Waals surface area contributed by atoms with Gasteiger partial charge in [-0.25, -0.2) is 22.2 Å². The summed E-state index contributed by atoms with van der Waals surface area (Å²) in [7, 11) is -3.68. The zero-order chi connectivity index (χ0) is 26.7. The summed E-state index contributed by atoms with van der Waals surface area (Å²) in [5, 5.41) is 2.57. The lowest BCUT2D eigenvalue weighted by atomic mass is 10.0. The van der Waals surface area contributed by atoms with E-state index >= 15 is 0 Å². The van der Waals surface area contributed by atoms with Gasteiger partial charge in [0.15, 0.2) is 0 Å². The van der Waals surface area contributed by atoms with Crippen molar-refractivity contribution in [2.24, 2.45) is 0 Å². The molecule has 0 radical (unpaired) electrons. The van der Waals surface area contributed by atoms with Crippen LogP contribution in [0.3, 0.4) is 0 Å². The van der Waals surface area contributed by atoms with E-state index in [0.29, 0.717) is 5.56 Å². The maximum Gasteiger partial charge on any atom is 0.433 e. The molecule has 1 heterocycles. The average molecular weight is 525 g/mol. The Balaban J connectivity index is 1.82. The molecule has 1 amide bonds. The molecular formula is C24H20F5N3O3S. The molecule has 0 saturated heterocycles. The lowest BCUT2D eigenvalue weighted by Crippen LogP contribution is -2.24. The minimum absolute atomic E-state index is 0.0906. The van der Waals surface area contributed by atoms with Crippen molar-refractivity contribution >= 4 is 27.7 Å². The first-order valence-corrected chi connectivity index (χ1v) is 12.2. The normalized spacial score (nSPS) is 13.0. The predicted octanol–water partition coefficient (Wildman–Crippen LogP) is 5.31. The molecule has 0 saturated carbocycles. The molecule has 2 aromatic carbocycles. The summed E-state index contributed by atoms with van der Waals surface area (Å²) in [5.74, 6) is -2.16. The Hall–Kier alpha value is -3.80. The predicted molar refractivity (Wildman–Crippen MR) is 125 cm³/mol. The molecule has 0 bridgehead atoms. The number of nitrogens with zero attached hydrogens (tertiary/aromatic N) is 1. The quantitative estimate of drug-likeness (QED) is 0.323. The standard InChI is InChI=1S/C24H20F5N3O3S/c1-14(16-6-9-20(19(26)13-16)32-36(2,34)35)30-22(33)11-8-15-7-10-21(24(27,28)29)31-23(15)17-4-3-5-18(25)12-17/h3-14,32H,1-2H3,(H,30,33)/t14-/m1/s1. The number of alkyl halides is 3. The van der Waals surface area contributed by atoms with Crippen LogP contribution in [0.25, 0.3) is 17.3 Å². The first-order valence-electron chi connectivity index (χ1n) is 10.3. The minimum Gasteiger partial charge on any atom is -0.346 e. The molecule has 0 unspecified atom stereocenters. The van der Waals surface area contributed by atoms with Crippen LogP contribution in [0.4, 0.5) is 27.6 Å². The van der Waals surface area contributed by atoms with Crippen LogP contribution in [0.5, 0.6) is 0 Å². The topological polar surface area (TPSA) is 88.2 Å². The van der Waals surface area contributed by atoms with Crippen molar-refractivity contribution in [2.75, 3.05) is 11.0 Å². The third kappa shape index (κ3) is 7.11. The van der Waals surface area contributed by atoms with Gasteiger partial charge in [-0.1, -0.05) is 24.3 Å². The zero-order valence-corrected chi connectivity index (χ0v) is 19.7. The zero-order valence-electron chi connectivity index (χ0n) is 18.9. The van der Waals surface area contributed by atoms with E-state index < -0.39 is 45.5 Å². The highest BCUT2D eigenvalue weighted by Gasteiger charge is 2.33. The number of aromatic nitrogens is 1. The number of hydrogen-bond acceptors (Lipinski definition) is 4. The molecule has 12 heteroatoms. The van der Waals surface area contributed by atoms with Crippen LogP contribution in [0.15, 0.2) is 60.7 Å². The van der Waals surface area contributed by atoms with Crippen molar-refractivity contribution in [3.8, 4) is 11.3 Å². The Labute approximate surface area is 203 Å². The van der Waals surface area contributed by atoms with Gasteiger partial charge in [0, 0.05) is 17.2 Å². The van der Waals surface area contributed by atoms with Gasteiger partial charge in [0.25, 0.3) is 0 Å². The number of halogens is 5. The fraction of sp³-hybridized carbons (Fsp3) is 0.167. The molecule has 36 heavy (non-hydrogen) atoms. The number of carbonyl (C=O) groups excluding carboxylic acids is 1. The van der Waals surface area contributed by atoms with E-state index in [0.717, 1.165) is 42.7 Å². The van der Waals surface area contributed by atoms with E-state index in [-0.39, 0.29) is 22.5 Å². The third-order valence-corrected chi connectivity index (χ3v) is 5.47.